The number of amides is 3. The van der Waals surface area contributed by atoms with E-state index in [1.807, 2.05) is 19.1 Å². The van der Waals surface area contributed by atoms with Crippen molar-refractivity contribution in [3.05, 3.63) is 112 Å². The number of nitrogens with one attached hydrogen (secondary N) is 3. The van der Waals surface area contributed by atoms with Crippen LogP contribution in [0, 0.1) is 6.92 Å². The Hall–Kier alpha value is -4.93. The van der Waals surface area contributed by atoms with E-state index in [-0.39, 0.29) is 11.6 Å². The Bertz CT molecular complexity index is 1740. The molecule has 0 spiro atoms. The van der Waals surface area contributed by atoms with Crippen LogP contribution in [-0.4, -0.2) is 44.3 Å². The minimum absolute atomic E-state index is 0.0224. The van der Waals surface area contributed by atoms with Gasteiger partial charge in [0.05, 0.1) is 26.6 Å². The number of anilines is 2. The zero-order valence-corrected chi connectivity index (χ0v) is 27.5. The summed E-state index contributed by atoms with van der Waals surface area (Å²) >= 11 is 7.43. The van der Waals surface area contributed by atoms with Gasteiger partial charge in [-0.15, -0.1) is 11.8 Å². The summed E-state index contributed by atoms with van der Waals surface area (Å²) in [5.41, 5.74) is 2.89. The van der Waals surface area contributed by atoms with Crippen LogP contribution in [0.3, 0.4) is 0 Å². The van der Waals surface area contributed by atoms with Crippen molar-refractivity contribution in [2.75, 3.05) is 32.0 Å². The Kier molecular flexibility index (Phi) is 11.7. The third-order valence-corrected chi connectivity index (χ3v) is 8.09. The van der Waals surface area contributed by atoms with Crippen molar-refractivity contribution in [3.63, 3.8) is 0 Å². The smallest absolute Gasteiger partial charge is 0.272 e. The molecule has 0 aliphatic rings. The van der Waals surface area contributed by atoms with Gasteiger partial charge in [-0.1, -0.05) is 41.9 Å². The molecule has 238 valence electrons. The maximum atomic E-state index is 13.7. The second-order valence-corrected chi connectivity index (χ2v) is 11.9. The summed E-state index contributed by atoms with van der Waals surface area (Å²) in [6, 6.07) is 24.3. The van der Waals surface area contributed by atoms with Crippen molar-refractivity contribution >= 4 is 58.5 Å². The van der Waals surface area contributed by atoms with Crippen LogP contribution in [0.5, 0.6) is 17.2 Å². The zero-order chi connectivity index (χ0) is 33.2. The summed E-state index contributed by atoms with van der Waals surface area (Å²) in [6.45, 7) is 3.69. The molecule has 3 amide bonds. The van der Waals surface area contributed by atoms with Gasteiger partial charge in [0.25, 0.3) is 11.8 Å². The lowest BCUT2D eigenvalue weighted by molar-refractivity contribution is -0.115. The third kappa shape index (κ3) is 8.83. The van der Waals surface area contributed by atoms with E-state index in [9.17, 15) is 14.4 Å². The molecule has 0 radical (unpaired) electrons. The quantitative estimate of drug-likeness (QED) is 0.109. The molecule has 0 aliphatic carbocycles. The fraction of sp³-hybridized carbons (Fsp3) is 0.171. The van der Waals surface area contributed by atoms with E-state index in [4.69, 9.17) is 25.8 Å². The highest BCUT2D eigenvalue weighted by molar-refractivity contribution is 8.00. The molecule has 3 N–H and O–H groups in total. The summed E-state index contributed by atoms with van der Waals surface area (Å²) < 4.78 is 16.3. The Morgan fingerprint density at radius 2 is 1.52 bits per heavy atom. The first-order valence-corrected chi connectivity index (χ1v) is 15.4. The van der Waals surface area contributed by atoms with Crippen molar-refractivity contribution < 1.29 is 28.6 Å². The molecule has 0 aromatic heterocycles. The maximum absolute atomic E-state index is 13.7. The lowest BCUT2D eigenvalue weighted by atomic mass is 10.1. The topological polar surface area (TPSA) is 115 Å². The summed E-state index contributed by atoms with van der Waals surface area (Å²) in [6.07, 6.45) is 1.52. The number of hydrogen-bond donors (Lipinski definition) is 3. The van der Waals surface area contributed by atoms with Gasteiger partial charge < -0.3 is 30.2 Å². The standard InChI is InChI=1S/C35H34ClN3O6S/c1-21-14-15-25(36)19-28(21)38-33(40)22(2)46-27-13-9-12-26(20-27)37-35(42)29(39-34(41)24-10-7-6-8-11-24)16-23-17-30(43-3)32(45-5)31(18-23)44-4/h6-20,22H,1-5H3,(H,37,42)(H,38,40)(H,39,41)/b29-16+. The largest absolute Gasteiger partial charge is 0.493 e. The van der Waals surface area contributed by atoms with Gasteiger partial charge in [0, 0.05) is 26.9 Å². The van der Waals surface area contributed by atoms with Crippen LogP contribution in [0.15, 0.2) is 95.5 Å². The molecule has 1 unspecified atom stereocenters. The number of thioether (sulfide) groups is 1. The molecular weight excluding hydrogens is 626 g/mol. The number of ether oxygens (including phenoxy) is 3. The lowest BCUT2D eigenvalue weighted by Crippen LogP contribution is -2.30. The molecule has 0 saturated carbocycles. The van der Waals surface area contributed by atoms with E-state index in [0.717, 1.165) is 10.5 Å². The zero-order valence-electron chi connectivity index (χ0n) is 26.0. The van der Waals surface area contributed by atoms with Crippen LogP contribution in [0.2, 0.25) is 5.02 Å². The number of carbonyl (C=O) groups is 3. The van der Waals surface area contributed by atoms with Gasteiger partial charge >= 0.3 is 0 Å². The third-order valence-electron chi connectivity index (χ3n) is 6.76. The van der Waals surface area contributed by atoms with Crippen molar-refractivity contribution in [2.24, 2.45) is 0 Å². The highest BCUT2D eigenvalue weighted by Gasteiger charge is 2.19. The van der Waals surface area contributed by atoms with Gasteiger partial charge in [0.2, 0.25) is 11.7 Å². The SMILES string of the molecule is COc1cc(/C=C(/NC(=O)c2ccccc2)C(=O)Nc2cccc(SC(C)C(=O)Nc3cc(Cl)ccc3C)c2)cc(OC)c1OC. The van der Waals surface area contributed by atoms with E-state index in [0.29, 0.717) is 44.8 Å². The van der Waals surface area contributed by atoms with E-state index in [2.05, 4.69) is 16.0 Å². The average molecular weight is 660 g/mol. The van der Waals surface area contributed by atoms with Crippen molar-refractivity contribution in [1.82, 2.24) is 5.32 Å². The lowest BCUT2D eigenvalue weighted by Gasteiger charge is -2.16. The van der Waals surface area contributed by atoms with Gasteiger partial charge in [0.15, 0.2) is 11.5 Å². The number of methoxy groups -OCH3 is 3. The second kappa shape index (κ2) is 15.9. The molecule has 4 aromatic carbocycles. The van der Waals surface area contributed by atoms with Crippen LogP contribution in [0.1, 0.15) is 28.4 Å². The van der Waals surface area contributed by atoms with E-state index in [1.165, 1.54) is 39.2 Å². The monoisotopic (exact) mass is 659 g/mol. The number of rotatable bonds is 12. The van der Waals surface area contributed by atoms with E-state index < -0.39 is 17.1 Å². The Balaban J connectivity index is 1.57. The second-order valence-electron chi connectivity index (χ2n) is 10.0. The molecule has 9 nitrogen and oxygen atoms in total. The molecule has 0 fully saturated rings. The molecule has 46 heavy (non-hydrogen) atoms. The Morgan fingerprint density at radius 3 is 2.17 bits per heavy atom. The number of aryl methyl sites for hydroxylation is 1. The maximum Gasteiger partial charge on any atom is 0.272 e. The predicted octanol–water partition coefficient (Wildman–Crippen LogP) is 7.20. The molecule has 0 saturated heterocycles. The molecule has 4 rings (SSSR count). The summed E-state index contributed by atoms with van der Waals surface area (Å²) in [4.78, 5) is 40.5. The average Bonchev–Trinajstić information content (AvgIpc) is 3.06. The van der Waals surface area contributed by atoms with Crippen LogP contribution < -0.4 is 30.2 Å². The summed E-state index contributed by atoms with van der Waals surface area (Å²) in [5.74, 6) is -0.0624. The molecule has 4 aromatic rings. The first-order valence-electron chi connectivity index (χ1n) is 14.1. The van der Waals surface area contributed by atoms with Crippen LogP contribution in [0.4, 0.5) is 11.4 Å². The molecule has 0 heterocycles. The van der Waals surface area contributed by atoms with Gasteiger partial charge in [-0.25, -0.2) is 0 Å². The highest BCUT2D eigenvalue weighted by Crippen LogP contribution is 2.38. The Morgan fingerprint density at radius 1 is 0.826 bits per heavy atom. The van der Waals surface area contributed by atoms with Crippen LogP contribution in [-0.2, 0) is 9.59 Å². The first-order chi connectivity index (χ1) is 22.1. The normalized spacial score (nSPS) is 11.7. The molecule has 0 aliphatic heterocycles. The number of carbonyl (C=O) groups excluding carboxylic acids is 3. The van der Waals surface area contributed by atoms with E-state index >= 15 is 0 Å². The predicted molar refractivity (Wildman–Crippen MR) is 183 cm³/mol. The minimum Gasteiger partial charge on any atom is -0.493 e. The van der Waals surface area contributed by atoms with E-state index in [1.54, 1.807) is 79.7 Å². The van der Waals surface area contributed by atoms with Gasteiger partial charge in [-0.3, -0.25) is 14.4 Å². The van der Waals surface area contributed by atoms with Crippen molar-refractivity contribution in [3.8, 4) is 17.2 Å². The molecular formula is C35H34ClN3O6S. The molecule has 11 heteroatoms. The first kappa shape index (κ1) is 34.0. The fourth-order valence-corrected chi connectivity index (χ4v) is 5.46. The Labute approximate surface area is 277 Å². The van der Waals surface area contributed by atoms with Gasteiger partial charge in [-0.2, -0.15) is 0 Å². The highest BCUT2D eigenvalue weighted by atomic mass is 35.5. The number of benzene rings is 4. The van der Waals surface area contributed by atoms with Crippen molar-refractivity contribution in [1.29, 1.82) is 0 Å². The van der Waals surface area contributed by atoms with Crippen LogP contribution >= 0.6 is 23.4 Å². The molecule has 0 bridgehead atoms. The summed E-state index contributed by atoms with van der Waals surface area (Å²) in [5, 5.41) is 8.59. The van der Waals surface area contributed by atoms with Gasteiger partial charge in [-0.05, 0) is 85.6 Å². The summed E-state index contributed by atoms with van der Waals surface area (Å²) in [7, 11) is 4.47. The van der Waals surface area contributed by atoms with Gasteiger partial charge in [0.1, 0.15) is 5.70 Å². The minimum atomic E-state index is -0.567. The molecule has 1 atom stereocenters. The number of hydrogen-bond acceptors (Lipinski definition) is 7. The fourth-order valence-electron chi connectivity index (χ4n) is 4.36. The van der Waals surface area contributed by atoms with Crippen LogP contribution in [0.25, 0.3) is 6.08 Å². The van der Waals surface area contributed by atoms with Crippen molar-refractivity contribution in [2.45, 2.75) is 24.0 Å². The number of halogens is 1.